The van der Waals surface area contributed by atoms with Crippen LogP contribution in [-0.2, 0) is 9.53 Å². The number of fused-ring (bicyclic) bond motifs is 1. The molecule has 1 heterocycles. The van der Waals surface area contributed by atoms with E-state index in [9.17, 15) is 14.4 Å². The molecule has 0 bridgehead atoms. The van der Waals surface area contributed by atoms with E-state index in [1.165, 1.54) is 6.92 Å². The third-order valence-electron chi connectivity index (χ3n) is 4.18. The van der Waals surface area contributed by atoms with Gasteiger partial charge in [-0.3, -0.25) is 9.59 Å². The number of esters is 1. The second kappa shape index (κ2) is 7.41. The molecule has 0 unspecified atom stereocenters. The third-order valence-corrected chi connectivity index (χ3v) is 4.18. The number of aromatic amines is 1. The topological polar surface area (TPSA) is 101 Å². The Morgan fingerprint density at radius 3 is 2.52 bits per heavy atom. The van der Waals surface area contributed by atoms with Crippen LogP contribution in [0.4, 0.5) is 5.69 Å². The summed E-state index contributed by atoms with van der Waals surface area (Å²) in [5, 5.41) is 9.50. The van der Waals surface area contributed by atoms with Gasteiger partial charge >= 0.3 is 5.97 Å². The van der Waals surface area contributed by atoms with E-state index in [1.807, 2.05) is 26.0 Å². The van der Waals surface area contributed by atoms with Crippen molar-refractivity contribution >= 4 is 28.3 Å². The molecule has 0 saturated heterocycles. The van der Waals surface area contributed by atoms with Crippen LogP contribution >= 0.6 is 0 Å². The Morgan fingerprint density at radius 1 is 1.11 bits per heavy atom. The lowest BCUT2D eigenvalue weighted by Crippen LogP contribution is -2.31. The zero-order chi connectivity index (χ0) is 19.6. The zero-order valence-corrected chi connectivity index (χ0v) is 15.2. The maximum Gasteiger partial charge on any atom is 0.360 e. The fraction of sp³-hybridized carbons (Fsp3) is 0.200. The Labute approximate surface area is 155 Å². The number of nitrogens with zero attached hydrogens (tertiary/aromatic N) is 1. The molecule has 7 heteroatoms. The summed E-state index contributed by atoms with van der Waals surface area (Å²) in [6.07, 6.45) is -1.04. The highest BCUT2D eigenvalue weighted by Gasteiger charge is 2.22. The van der Waals surface area contributed by atoms with E-state index >= 15 is 0 Å². The molecule has 0 radical (unpaired) electrons. The number of aromatic nitrogens is 2. The Bertz CT molecular complexity index is 1090. The number of benzene rings is 2. The first kappa shape index (κ1) is 18.3. The van der Waals surface area contributed by atoms with Gasteiger partial charge in [-0.15, -0.1) is 0 Å². The molecule has 0 spiro atoms. The molecular formula is C20H19N3O4. The van der Waals surface area contributed by atoms with Crippen LogP contribution in [0.2, 0.25) is 0 Å². The van der Waals surface area contributed by atoms with Crippen molar-refractivity contribution in [2.45, 2.75) is 26.9 Å². The first-order valence-electron chi connectivity index (χ1n) is 8.43. The minimum Gasteiger partial charge on any atom is -0.448 e. The molecule has 0 aliphatic rings. The van der Waals surface area contributed by atoms with Crippen LogP contribution in [0.15, 0.2) is 47.3 Å². The number of aryl methyl sites for hydroxylation is 2. The minimum atomic E-state index is -1.04. The van der Waals surface area contributed by atoms with Gasteiger partial charge in [-0.25, -0.2) is 9.89 Å². The SMILES string of the molecule is Cc1ccc(NC(=O)[C@H](C)OC(=O)c2n[nH]c(=O)c3ccccc23)c(C)c1. The molecule has 1 atom stereocenters. The van der Waals surface area contributed by atoms with Crippen LogP contribution in [0, 0.1) is 13.8 Å². The number of ether oxygens (including phenoxy) is 1. The molecule has 2 N–H and O–H groups in total. The van der Waals surface area contributed by atoms with Crippen LogP contribution in [0.1, 0.15) is 28.5 Å². The molecule has 27 heavy (non-hydrogen) atoms. The van der Waals surface area contributed by atoms with Crippen LogP contribution < -0.4 is 10.9 Å². The number of anilines is 1. The van der Waals surface area contributed by atoms with Crippen molar-refractivity contribution in [2.24, 2.45) is 0 Å². The summed E-state index contributed by atoms with van der Waals surface area (Å²) < 4.78 is 5.25. The molecule has 0 fully saturated rings. The van der Waals surface area contributed by atoms with Crippen molar-refractivity contribution in [2.75, 3.05) is 5.32 Å². The fourth-order valence-electron chi connectivity index (χ4n) is 2.73. The largest absolute Gasteiger partial charge is 0.448 e. The molecule has 3 aromatic rings. The van der Waals surface area contributed by atoms with Gasteiger partial charge in [-0.05, 0) is 38.5 Å². The summed E-state index contributed by atoms with van der Waals surface area (Å²) >= 11 is 0. The third kappa shape index (κ3) is 3.87. The smallest absolute Gasteiger partial charge is 0.360 e. The maximum absolute atomic E-state index is 12.5. The van der Waals surface area contributed by atoms with E-state index < -0.39 is 23.5 Å². The highest BCUT2D eigenvalue weighted by molar-refractivity contribution is 6.03. The lowest BCUT2D eigenvalue weighted by molar-refractivity contribution is -0.123. The Hall–Kier alpha value is -3.48. The molecule has 0 aliphatic heterocycles. The normalized spacial score (nSPS) is 11.8. The van der Waals surface area contributed by atoms with Crippen molar-refractivity contribution in [1.82, 2.24) is 10.2 Å². The number of hydrogen-bond donors (Lipinski definition) is 2. The van der Waals surface area contributed by atoms with Gasteiger partial charge in [0.25, 0.3) is 11.5 Å². The minimum absolute atomic E-state index is 0.0450. The molecule has 0 saturated carbocycles. The molecule has 1 amide bonds. The van der Waals surface area contributed by atoms with Crippen LogP contribution in [0.3, 0.4) is 0 Å². The second-order valence-electron chi connectivity index (χ2n) is 6.30. The summed E-state index contributed by atoms with van der Waals surface area (Å²) in [7, 11) is 0. The van der Waals surface area contributed by atoms with Crippen LogP contribution in [0.5, 0.6) is 0 Å². The maximum atomic E-state index is 12.5. The molecule has 0 aliphatic carbocycles. The Kier molecular flexibility index (Phi) is 5.03. The van der Waals surface area contributed by atoms with E-state index in [1.54, 1.807) is 30.3 Å². The lowest BCUT2D eigenvalue weighted by atomic mass is 10.1. The van der Waals surface area contributed by atoms with E-state index in [-0.39, 0.29) is 5.69 Å². The fourth-order valence-corrected chi connectivity index (χ4v) is 2.73. The molecular weight excluding hydrogens is 346 g/mol. The van der Waals surface area contributed by atoms with Gasteiger partial charge in [-0.2, -0.15) is 5.10 Å². The molecule has 3 rings (SSSR count). The van der Waals surface area contributed by atoms with Crippen LogP contribution in [-0.4, -0.2) is 28.2 Å². The summed E-state index contributed by atoms with van der Waals surface area (Å²) in [4.78, 5) is 36.6. The van der Waals surface area contributed by atoms with E-state index in [2.05, 4.69) is 15.5 Å². The second-order valence-corrected chi connectivity index (χ2v) is 6.30. The standard InChI is InChI=1S/C20H19N3O4/c1-11-8-9-16(12(2)10-11)21-18(24)13(3)27-20(26)17-14-6-4-5-7-15(14)19(25)23-22-17/h4-10,13H,1-3H3,(H,21,24)(H,23,25)/t13-/m0/s1. The average Bonchev–Trinajstić information content (AvgIpc) is 2.64. The highest BCUT2D eigenvalue weighted by Crippen LogP contribution is 2.17. The summed E-state index contributed by atoms with van der Waals surface area (Å²) in [6, 6.07) is 12.2. The van der Waals surface area contributed by atoms with Gasteiger partial charge in [0.2, 0.25) is 0 Å². The summed E-state index contributed by atoms with van der Waals surface area (Å²) in [5.41, 5.74) is 2.21. The van der Waals surface area contributed by atoms with E-state index in [4.69, 9.17) is 4.74 Å². The molecule has 2 aromatic carbocycles. The number of amides is 1. The van der Waals surface area contributed by atoms with Crippen LogP contribution in [0.25, 0.3) is 10.8 Å². The monoisotopic (exact) mass is 365 g/mol. The van der Waals surface area contributed by atoms with Crippen molar-refractivity contribution in [3.05, 3.63) is 69.6 Å². The van der Waals surface area contributed by atoms with E-state index in [0.29, 0.717) is 16.5 Å². The Morgan fingerprint density at radius 2 is 1.81 bits per heavy atom. The number of carbonyl (C=O) groups excluding carboxylic acids is 2. The van der Waals surface area contributed by atoms with Gasteiger partial charge in [0.15, 0.2) is 11.8 Å². The molecule has 138 valence electrons. The average molecular weight is 365 g/mol. The van der Waals surface area contributed by atoms with Gasteiger partial charge in [0.1, 0.15) is 0 Å². The lowest BCUT2D eigenvalue weighted by Gasteiger charge is -2.15. The number of hydrogen-bond acceptors (Lipinski definition) is 5. The summed E-state index contributed by atoms with van der Waals surface area (Å²) in [6.45, 7) is 5.32. The van der Waals surface area contributed by atoms with Gasteiger partial charge in [-0.1, -0.05) is 35.9 Å². The highest BCUT2D eigenvalue weighted by atomic mass is 16.5. The van der Waals surface area contributed by atoms with Gasteiger partial charge in [0, 0.05) is 11.1 Å². The first-order chi connectivity index (χ1) is 12.9. The predicted octanol–water partition coefficient (Wildman–Crippen LogP) is 2.72. The van der Waals surface area contributed by atoms with E-state index in [0.717, 1.165) is 11.1 Å². The first-order valence-corrected chi connectivity index (χ1v) is 8.43. The van der Waals surface area contributed by atoms with Crippen molar-refractivity contribution in [1.29, 1.82) is 0 Å². The number of carbonyl (C=O) groups is 2. The molecule has 1 aromatic heterocycles. The number of rotatable bonds is 4. The zero-order valence-electron chi connectivity index (χ0n) is 15.2. The number of nitrogens with one attached hydrogen (secondary N) is 2. The Balaban J connectivity index is 1.77. The van der Waals surface area contributed by atoms with Crippen molar-refractivity contribution in [3.8, 4) is 0 Å². The number of H-pyrrole nitrogens is 1. The van der Waals surface area contributed by atoms with Crippen molar-refractivity contribution in [3.63, 3.8) is 0 Å². The van der Waals surface area contributed by atoms with Gasteiger partial charge < -0.3 is 10.1 Å². The quantitative estimate of drug-likeness (QED) is 0.692. The predicted molar refractivity (Wildman–Crippen MR) is 102 cm³/mol. The summed E-state index contributed by atoms with van der Waals surface area (Å²) in [5.74, 6) is -1.24. The van der Waals surface area contributed by atoms with Crippen molar-refractivity contribution < 1.29 is 14.3 Å². The molecule has 7 nitrogen and oxygen atoms in total. The van der Waals surface area contributed by atoms with Gasteiger partial charge in [0.05, 0.1) is 5.39 Å².